The molecule has 3 atom stereocenters. The number of benzene rings is 2. The van der Waals surface area contributed by atoms with Gasteiger partial charge in [-0.3, -0.25) is 4.79 Å². The van der Waals surface area contributed by atoms with E-state index in [1.807, 2.05) is 59.5 Å². The maximum absolute atomic E-state index is 13.0. The van der Waals surface area contributed by atoms with Crippen LogP contribution >= 0.6 is 0 Å². The molecule has 2 unspecified atom stereocenters. The molecule has 0 spiro atoms. The quantitative estimate of drug-likeness (QED) is 0.714. The van der Waals surface area contributed by atoms with Crippen LogP contribution in [0.3, 0.4) is 0 Å². The van der Waals surface area contributed by atoms with Crippen LogP contribution in [0, 0.1) is 11.8 Å². The Morgan fingerprint density at radius 1 is 0.933 bits per heavy atom. The number of rotatable bonds is 5. The van der Waals surface area contributed by atoms with Gasteiger partial charge in [-0.25, -0.2) is 4.98 Å². The third-order valence-electron chi connectivity index (χ3n) is 6.65. The minimum atomic E-state index is 0.0628. The standard InChI is InChI=1S/C25H28N4O/c26-22(18-6-2-1-3-7-18)12-13-28-14-20-16-29(17-21(20)15-28)25(30)24-11-10-19-8-4-5-9-23(19)27-24/h1-11,20-22H,12-17,26H2/t20?,21?,22-/m0/s1. The Kier molecular flexibility index (Phi) is 5.23. The fourth-order valence-corrected chi connectivity index (χ4v) is 4.97. The monoisotopic (exact) mass is 400 g/mol. The number of carbonyl (C=O) groups is 1. The van der Waals surface area contributed by atoms with Gasteiger partial charge < -0.3 is 15.5 Å². The highest BCUT2D eigenvalue weighted by atomic mass is 16.2. The van der Waals surface area contributed by atoms with E-state index in [0.29, 0.717) is 17.5 Å². The molecule has 2 saturated heterocycles. The van der Waals surface area contributed by atoms with Gasteiger partial charge in [-0.15, -0.1) is 0 Å². The molecule has 2 aromatic carbocycles. The van der Waals surface area contributed by atoms with Crippen molar-refractivity contribution < 1.29 is 4.79 Å². The van der Waals surface area contributed by atoms with E-state index >= 15 is 0 Å². The van der Waals surface area contributed by atoms with Gasteiger partial charge >= 0.3 is 0 Å². The lowest BCUT2D eigenvalue weighted by atomic mass is 10.0. The Hall–Kier alpha value is -2.76. The highest BCUT2D eigenvalue weighted by Crippen LogP contribution is 2.32. The third kappa shape index (κ3) is 3.83. The summed E-state index contributed by atoms with van der Waals surface area (Å²) in [6.07, 6.45) is 0.965. The number of nitrogens with two attached hydrogens (primary N) is 1. The number of amides is 1. The molecule has 154 valence electrons. The van der Waals surface area contributed by atoms with Crippen LogP contribution in [0.15, 0.2) is 66.7 Å². The first-order valence-electron chi connectivity index (χ1n) is 10.9. The Labute approximate surface area is 177 Å². The normalized spacial score (nSPS) is 22.4. The summed E-state index contributed by atoms with van der Waals surface area (Å²) in [7, 11) is 0. The minimum Gasteiger partial charge on any atom is -0.337 e. The van der Waals surface area contributed by atoms with E-state index < -0.39 is 0 Å². The maximum atomic E-state index is 13.0. The van der Waals surface area contributed by atoms with Crippen molar-refractivity contribution in [1.29, 1.82) is 0 Å². The molecule has 5 heteroatoms. The number of pyridine rings is 1. The molecule has 3 heterocycles. The number of para-hydroxylation sites is 1. The van der Waals surface area contributed by atoms with Crippen molar-refractivity contribution in [2.75, 3.05) is 32.7 Å². The second kappa shape index (κ2) is 8.17. The summed E-state index contributed by atoms with van der Waals surface area (Å²) in [4.78, 5) is 22.1. The molecule has 3 aromatic rings. The van der Waals surface area contributed by atoms with Crippen LogP contribution < -0.4 is 5.73 Å². The molecule has 30 heavy (non-hydrogen) atoms. The molecular weight excluding hydrogens is 372 g/mol. The summed E-state index contributed by atoms with van der Waals surface area (Å²) in [5.74, 6) is 1.18. The molecule has 1 aromatic heterocycles. The van der Waals surface area contributed by atoms with Gasteiger partial charge in [0.2, 0.25) is 0 Å². The number of fused-ring (bicyclic) bond motifs is 2. The van der Waals surface area contributed by atoms with E-state index in [-0.39, 0.29) is 11.9 Å². The van der Waals surface area contributed by atoms with Gasteiger partial charge in [-0.1, -0.05) is 54.6 Å². The van der Waals surface area contributed by atoms with E-state index in [0.717, 1.165) is 50.0 Å². The Morgan fingerprint density at radius 2 is 1.63 bits per heavy atom. The summed E-state index contributed by atoms with van der Waals surface area (Å²) in [6.45, 7) is 4.80. The Morgan fingerprint density at radius 3 is 2.40 bits per heavy atom. The number of hydrogen-bond acceptors (Lipinski definition) is 4. The van der Waals surface area contributed by atoms with Crippen LogP contribution in [-0.4, -0.2) is 53.4 Å². The largest absolute Gasteiger partial charge is 0.337 e. The highest BCUT2D eigenvalue weighted by molar-refractivity contribution is 5.95. The van der Waals surface area contributed by atoms with Crippen LogP contribution in [0.4, 0.5) is 0 Å². The molecule has 0 aliphatic carbocycles. The Balaban J connectivity index is 1.16. The van der Waals surface area contributed by atoms with E-state index in [4.69, 9.17) is 5.73 Å². The lowest BCUT2D eigenvalue weighted by Crippen LogP contribution is -2.34. The van der Waals surface area contributed by atoms with E-state index in [1.165, 1.54) is 5.56 Å². The van der Waals surface area contributed by atoms with Gasteiger partial charge in [0.05, 0.1) is 5.52 Å². The molecule has 2 aliphatic heterocycles. The van der Waals surface area contributed by atoms with Crippen LogP contribution in [0.2, 0.25) is 0 Å². The first-order chi connectivity index (χ1) is 14.7. The SMILES string of the molecule is N[C@@H](CCN1CC2CN(C(=O)c3ccc4ccccc4n3)CC2C1)c1ccccc1. The molecule has 2 aliphatic rings. The molecule has 0 radical (unpaired) electrons. The zero-order valence-electron chi connectivity index (χ0n) is 17.2. The van der Waals surface area contributed by atoms with Gasteiger partial charge in [0.15, 0.2) is 0 Å². The van der Waals surface area contributed by atoms with Gasteiger partial charge in [0.25, 0.3) is 5.91 Å². The van der Waals surface area contributed by atoms with E-state index in [1.54, 1.807) is 0 Å². The molecule has 5 nitrogen and oxygen atoms in total. The fraction of sp³-hybridized carbons (Fsp3) is 0.360. The van der Waals surface area contributed by atoms with Crippen LogP contribution in [0.5, 0.6) is 0 Å². The lowest BCUT2D eigenvalue weighted by Gasteiger charge is -2.23. The van der Waals surface area contributed by atoms with Crippen LogP contribution in [0.25, 0.3) is 10.9 Å². The predicted molar refractivity (Wildman–Crippen MR) is 119 cm³/mol. The summed E-state index contributed by atoms with van der Waals surface area (Å²) in [5.41, 5.74) is 9.01. The summed E-state index contributed by atoms with van der Waals surface area (Å²) in [6, 6.07) is 22.2. The molecule has 0 saturated carbocycles. The van der Waals surface area contributed by atoms with Crippen LogP contribution in [-0.2, 0) is 0 Å². The molecule has 0 bridgehead atoms. The smallest absolute Gasteiger partial charge is 0.272 e. The number of aromatic nitrogens is 1. The summed E-state index contributed by atoms with van der Waals surface area (Å²) < 4.78 is 0. The molecule has 1 amide bonds. The van der Waals surface area contributed by atoms with Crippen molar-refractivity contribution in [2.24, 2.45) is 17.6 Å². The molecule has 2 N–H and O–H groups in total. The fourth-order valence-electron chi connectivity index (χ4n) is 4.97. The Bertz CT molecular complexity index is 1020. The van der Waals surface area contributed by atoms with Crippen LogP contribution in [0.1, 0.15) is 28.5 Å². The summed E-state index contributed by atoms with van der Waals surface area (Å²) in [5, 5.41) is 1.07. The van der Waals surface area contributed by atoms with Gasteiger partial charge in [-0.05, 0) is 42.5 Å². The second-order valence-electron chi connectivity index (χ2n) is 8.68. The summed E-state index contributed by atoms with van der Waals surface area (Å²) >= 11 is 0. The number of hydrogen-bond donors (Lipinski definition) is 1. The number of nitrogens with zero attached hydrogens (tertiary/aromatic N) is 3. The number of carbonyl (C=O) groups excluding carboxylic acids is 1. The molecule has 5 rings (SSSR count). The first kappa shape index (κ1) is 19.2. The van der Waals surface area contributed by atoms with Crippen molar-refractivity contribution in [3.05, 3.63) is 78.0 Å². The van der Waals surface area contributed by atoms with Crippen molar-refractivity contribution >= 4 is 16.8 Å². The van der Waals surface area contributed by atoms with Crippen molar-refractivity contribution in [3.63, 3.8) is 0 Å². The zero-order chi connectivity index (χ0) is 20.5. The highest BCUT2D eigenvalue weighted by Gasteiger charge is 2.41. The number of likely N-dealkylation sites (tertiary alicyclic amines) is 2. The van der Waals surface area contributed by atoms with Crippen molar-refractivity contribution in [1.82, 2.24) is 14.8 Å². The second-order valence-corrected chi connectivity index (χ2v) is 8.68. The first-order valence-corrected chi connectivity index (χ1v) is 10.9. The van der Waals surface area contributed by atoms with Gasteiger partial charge in [0.1, 0.15) is 5.69 Å². The van der Waals surface area contributed by atoms with Gasteiger partial charge in [0, 0.05) is 37.6 Å². The maximum Gasteiger partial charge on any atom is 0.272 e. The zero-order valence-corrected chi connectivity index (χ0v) is 17.2. The topological polar surface area (TPSA) is 62.5 Å². The van der Waals surface area contributed by atoms with E-state index in [2.05, 4.69) is 22.0 Å². The minimum absolute atomic E-state index is 0.0628. The molecular formula is C25H28N4O. The van der Waals surface area contributed by atoms with E-state index in [9.17, 15) is 4.79 Å². The average Bonchev–Trinajstić information content (AvgIpc) is 3.36. The van der Waals surface area contributed by atoms with Gasteiger partial charge in [-0.2, -0.15) is 0 Å². The van der Waals surface area contributed by atoms with Crippen molar-refractivity contribution in [3.8, 4) is 0 Å². The molecule has 2 fully saturated rings. The lowest BCUT2D eigenvalue weighted by molar-refractivity contribution is 0.0768. The third-order valence-corrected chi connectivity index (χ3v) is 6.65. The van der Waals surface area contributed by atoms with Crippen molar-refractivity contribution in [2.45, 2.75) is 12.5 Å². The predicted octanol–water partition coefficient (Wildman–Crippen LogP) is 3.33. The average molecular weight is 401 g/mol.